The highest BCUT2D eigenvalue weighted by molar-refractivity contribution is 9.11. The fourth-order valence-electron chi connectivity index (χ4n) is 2.01. The van der Waals surface area contributed by atoms with E-state index in [2.05, 4.69) is 41.1 Å². The molecule has 0 saturated carbocycles. The average Bonchev–Trinajstić information content (AvgIpc) is 2.75. The van der Waals surface area contributed by atoms with Gasteiger partial charge in [0, 0.05) is 4.88 Å². The molecule has 2 aromatic rings. The highest BCUT2D eigenvalue weighted by Gasteiger charge is 2.13. The Balaban J connectivity index is 1.96. The SMILES string of the molecule is COc1ccc(CCC(Cl)c2cc(Br)sc2C)cc1. The normalized spacial score (nSPS) is 12.4. The number of hydrogen-bond donors (Lipinski definition) is 0. The Hall–Kier alpha value is -0.510. The van der Waals surface area contributed by atoms with Crippen LogP contribution in [0.2, 0.25) is 0 Å². The molecule has 2 rings (SSSR count). The summed E-state index contributed by atoms with van der Waals surface area (Å²) in [6.07, 6.45) is 1.92. The average molecular weight is 360 g/mol. The summed E-state index contributed by atoms with van der Waals surface area (Å²) in [5, 5.41) is 0.0738. The maximum atomic E-state index is 6.49. The molecule has 0 aliphatic rings. The van der Waals surface area contributed by atoms with Crippen molar-refractivity contribution in [2.24, 2.45) is 0 Å². The standard InChI is InChI=1S/C15H16BrClOS/c1-10-13(9-15(16)19-10)14(17)8-5-11-3-6-12(18-2)7-4-11/h3-4,6-7,9,14H,5,8H2,1-2H3. The molecule has 0 saturated heterocycles. The lowest BCUT2D eigenvalue weighted by Crippen LogP contribution is -1.94. The number of rotatable bonds is 5. The zero-order chi connectivity index (χ0) is 13.8. The van der Waals surface area contributed by atoms with Gasteiger partial charge >= 0.3 is 0 Å². The van der Waals surface area contributed by atoms with E-state index >= 15 is 0 Å². The van der Waals surface area contributed by atoms with Crippen molar-refractivity contribution in [2.45, 2.75) is 25.1 Å². The first-order chi connectivity index (χ1) is 9.10. The number of benzene rings is 1. The van der Waals surface area contributed by atoms with Crippen LogP contribution in [0.1, 0.15) is 27.8 Å². The molecular formula is C15H16BrClOS. The monoisotopic (exact) mass is 358 g/mol. The van der Waals surface area contributed by atoms with Gasteiger partial charge in [0.25, 0.3) is 0 Å². The molecule has 0 aliphatic carbocycles. The zero-order valence-electron chi connectivity index (χ0n) is 11.0. The lowest BCUT2D eigenvalue weighted by atomic mass is 10.0. The van der Waals surface area contributed by atoms with Gasteiger partial charge in [0.05, 0.1) is 16.3 Å². The van der Waals surface area contributed by atoms with E-state index in [0.29, 0.717) is 0 Å². The van der Waals surface area contributed by atoms with E-state index in [9.17, 15) is 0 Å². The Morgan fingerprint density at radius 3 is 2.53 bits per heavy atom. The van der Waals surface area contributed by atoms with Gasteiger partial charge in [-0.1, -0.05) is 12.1 Å². The van der Waals surface area contributed by atoms with Crippen LogP contribution < -0.4 is 4.74 Å². The summed E-state index contributed by atoms with van der Waals surface area (Å²) in [6.45, 7) is 2.12. The molecule has 1 unspecified atom stereocenters. The van der Waals surface area contributed by atoms with Gasteiger partial charge in [-0.05, 0) is 65.0 Å². The Kier molecular flexibility index (Phi) is 5.31. The van der Waals surface area contributed by atoms with E-state index in [4.69, 9.17) is 16.3 Å². The van der Waals surface area contributed by atoms with E-state index < -0.39 is 0 Å². The first-order valence-electron chi connectivity index (χ1n) is 6.13. The smallest absolute Gasteiger partial charge is 0.118 e. The second kappa shape index (κ2) is 6.78. The van der Waals surface area contributed by atoms with Gasteiger partial charge in [-0.15, -0.1) is 22.9 Å². The Bertz CT molecular complexity index is 536. The Morgan fingerprint density at radius 1 is 1.32 bits per heavy atom. The van der Waals surface area contributed by atoms with E-state index in [1.165, 1.54) is 16.0 Å². The molecule has 0 fully saturated rings. The molecular weight excluding hydrogens is 344 g/mol. The molecule has 1 atom stereocenters. The first kappa shape index (κ1) is 14.9. The summed E-state index contributed by atoms with van der Waals surface area (Å²) in [5.41, 5.74) is 2.53. The third-order valence-electron chi connectivity index (χ3n) is 3.11. The van der Waals surface area contributed by atoms with Crippen LogP contribution in [0.5, 0.6) is 5.75 Å². The highest BCUT2D eigenvalue weighted by Crippen LogP contribution is 2.35. The summed E-state index contributed by atoms with van der Waals surface area (Å²) in [7, 11) is 1.68. The lowest BCUT2D eigenvalue weighted by molar-refractivity contribution is 0.414. The van der Waals surface area contributed by atoms with Crippen LogP contribution in [-0.4, -0.2) is 7.11 Å². The third kappa shape index (κ3) is 3.98. The van der Waals surface area contributed by atoms with Crippen LogP contribution in [0.4, 0.5) is 0 Å². The molecule has 1 aromatic heterocycles. The lowest BCUT2D eigenvalue weighted by Gasteiger charge is -2.09. The van der Waals surface area contributed by atoms with Gasteiger partial charge in [-0.25, -0.2) is 0 Å². The highest BCUT2D eigenvalue weighted by atomic mass is 79.9. The van der Waals surface area contributed by atoms with E-state index in [-0.39, 0.29) is 5.38 Å². The minimum Gasteiger partial charge on any atom is -0.497 e. The zero-order valence-corrected chi connectivity index (χ0v) is 14.1. The maximum Gasteiger partial charge on any atom is 0.118 e. The van der Waals surface area contributed by atoms with Crippen LogP contribution in [0.25, 0.3) is 0 Å². The van der Waals surface area contributed by atoms with E-state index in [1.807, 2.05) is 12.1 Å². The van der Waals surface area contributed by atoms with Crippen LogP contribution in [0, 0.1) is 6.92 Å². The maximum absolute atomic E-state index is 6.49. The first-order valence-corrected chi connectivity index (χ1v) is 8.17. The van der Waals surface area contributed by atoms with Crippen LogP contribution >= 0.6 is 38.9 Å². The summed E-state index contributed by atoms with van der Waals surface area (Å²) in [5.74, 6) is 0.892. The number of thiophene rings is 1. The van der Waals surface area contributed by atoms with E-state index in [0.717, 1.165) is 22.4 Å². The van der Waals surface area contributed by atoms with Gasteiger partial charge in [0.2, 0.25) is 0 Å². The van der Waals surface area contributed by atoms with Gasteiger partial charge < -0.3 is 4.74 Å². The van der Waals surface area contributed by atoms with Gasteiger partial charge in [0.15, 0.2) is 0 Å². The van der Waals surface area contributed by atoms with Crippen molar-refractivity contribution in [1.29, 1.82) is 0 Å². The summed E-state index contributed by atoms with van der Waals surface area (Å²) < 4.78 is 6.30. The van der Waals surface area contributed by atoms with Crippen molar-refractivity contribution in [1.82, 2.24) is 0 Å². The Labute approximate surface area is 131 Å². The number of aryl methyl sites for hydroxylation is 2. The summed E-state index contributed by atoms with van der Waals surface area (Å²) in [4.78, 5) is 1.29. The quantitative estimate of drug-likeness (QED) is 0.618. The molecule has 1 heterocycles. The minimum absolute atomic E-state index is 0.0738. The van der Waals surface area contributed by atoms with Crippen LogP contribution in [-0.2, 0) is 6.42 Å². The predicted molar refractivity (Wildman–Crippen MR) is 86.7 cm³/mol. The number of alkyl halides is 1. The molecule has 19 heavy (non-hydrogen) atoms. The van der Waals surface area contributed by atoms with Crippen molar-refractivity contribution in [3.8, 4) is 5.75 Å². The second-order valence-corrected chi connectivity index (χ2v) is 7.58. The molecule has 1 aromatic carbocycles. The van der Waals surface area contributed by atoms with Crippen molar-refractivity contribution >= 4 is 38.9 Å². The molecule has 4 heteroatoms. The number of halogens is 2. The van der Waals surface area contributed by atoms with Gasteiger partial charge in [-0.3, -0.25) is 0 Å². The second-order valence-electron chi connectivity index (χ2n) is 4.42. The molecule has 0 spiro atoms. The summed E-state index contributed by atoms with van der Waals surface area (Å²) >= 11 is 11.7. The molecule has 0 radical (unpaired) electrons. The predicted octanol–water partition coefficient (Wildman–Crippen LogP) is 5.74. The molecule has 102 valence electrons. The van der Waals surface area contributed by atoms with Crippen LogP contribution in [0.3, 0.4) is 0 Å². The van der Waals surface area contributed by atoms with Crippen molar-refractivity contribution < 1.29 is 4.74 Å². The Morgan fingerprint density at radius 2 is 2.00 bits per heavy atom. The van der Waals surface area contributed by atoms with Crippen LogP contribution in [0.15, 0.2) is 34.1 Å². The number of ether oxygens (including phenoxy) is 1. The van der Waals surface area contributed by atoms with Gasteiger partial charge in [-0.2, -0.15) is 0 Å². The molecule has 0 N–H and O–H groups in total. The topological polar surface area (TPSA) is 9.23 Å². The number of hydrogen-bond acceptors (Lipinski definition) is 2. The van der Waals surface area contributed by atoms with Gasteiger partial charge in [0.1, 0.15) is 5.75 Å². The molecule has 1 nitrogen and oxygen atoms in total. The minimum atomic E-state index is 0.0738. The largest absolute Gasteiger partial charge is 0.497 e. The van der Waals surface area contributed by atoms with E-state index in [1.54, 1.807) is 18.4 Å². The van der Waals surface area contributed by atoms with Crippen molar-refractivity contribution in [3.05, 3.63) is 50.1 Å². The number of methoxy groups -OCH3 is 1. The fraction of sp³-hybridized carbons (Fsp3) is 0.333. The summed E-state index contributed by atoms with van der Waals surface area (Å²) in [6, 6.07) is 10.3. The molecule has 0 amide bonds. The molecule has 0 bridgehead atoms. The van der Waals surface area contributed by atoms with Crippen molar-refractivity contribution in [2.75, 3.05) is 7.11 Å². The van der Waals surface area contributed by atoms with Crippen molar-refractivity contribution in [3.63, 3.8) is 0 Å². The third-order valence-corrected chi connectivity index (χ3v) is 5.13. The fourth-order valence-corrected chi connectivity index (χ4v) is 4.18. The molecule has 0 aliphatic heterocycles.